The molecule has 200 valence electrons. The van der Waals surface area contributed by atoms with E-state index in [1.807, 2.05) is 30.3 Å². The molecule has 5 nitrogen and oxygen atoms in total. The van der Waals surface area contributed by atoms with Crippen LogP contribution >= 0.6 is 0 Å². The number of benzene rings is 6. The lowest BCUT2D eigenvalue weighted by Gasteiger charge is -2.27. The van der Waals surface area contributed by atoms with Crippen LogP contribution < -0.4 is 9.64 Å². The van der Waals surface area contributed by atoms with E-state index in [-0.39, 0.29) is 0 Å². The van der Waals surface area contributed by atoms with Gasteiger partial charge in [-0.2, -0.15) is 0 Å². The van der Waals surface area contributed by atoms with Crippen LogP contribution in [-0.2, 0) is 0 Å². The molecule has 0 unspecified atom stereocenters. The van der Waals surface area contributed by atoms with E-state index < -0.39 is 0 Å². The summed E-state index contributed by atoms with van der Waals surface area (Å²) >= 11 is 0. The summed E-state index contributed by atoms with van der Waals surface area (Å²) in [5, 5.41) is 4.39. The zero-order chi connectivity index (χ0) is 28.1. The molecule has 2 aromatic heterocycles. The number of para-hydroxylation sites is 3. The zero-order valence-electron chi connectivity index (χ0n) is 22.9. The van der Waals surface area contributed by atoms with Crippen molar-refractivity contribution in [2.45, 2.75) is 0 Å². The van der Waals surface area contributed by atoms with Crippen LogP contribution in [0, 0.1) is 0 Å². The normalized spacial score (nSPS) is 12.8. The van der Waals surface area contributed by atoms with Crippen LogP contribution in [0.5, 0.6) is 11.5 Å². The van der Waals surface area contributed by atoms with Crippen molar-refractivity contribution in [2.24, 2.45) is 0 Å². The minimum absolute atomic E-state index is 0.616. The standard InChI is InChI=1S/C38H22N4O/c1-3-12-25-23(10-1)20-21-27-26-13-4-7-17-31(26)41-30-16-6-2-11-24(30)22-34(41)42(37(25)27)38-39-29-15-9-19-33-35(29)36(40-38)28-14-5-8-18-32(28)43-33/h1-22H. The average molecular weight is 551 g/mol. The van der Waals surface area contributed by atoms with Crippen LogP contribution in [0.15, 0.2) is 133 Å². The minimum Gasteiger partial charge on any atom is -0.456 e. The summed E-state index contributed by atoms with van der Waals surface area (Å²) in [6.07, 6.45) is 0. The van der Waals surface area contributed by atoms with E-state index in [1.54, 1.807) is 0 Å². The quantitative estimate of drug-likeness (QED) is 0.204. The lowest BCUT2D eigenvalue weighted by molar-refractivity contribution is 0.486. The first-order valence-corrected chi connectivity index (χ1v) is 14.4. The van der Waals surface area contributed by atoms with E-state index in [1.165, 1.54) is 0 Å². The predicted molar refractivity (Wildman–Crippen MR) is 173 cm³/mol. The van der Waals surface area contributed by atoms with Crippen LogP contribution in [-0.4, -0.2) is 14.5 Å². The highest BCUT2D eigenvalue weighted by atomic mass is 16.5. The van der Waals surface area contributed by atoms with Gasteiger partial charge in [0.15, 0.2) is 0 Å². The van der Waals surface area contributed by atoms with Crippen molar-refractivity contribution in [1.82, 2.24) is 14.5 Å². The molecule has 0 bridgehead atoms. The summed E-state index contributed by atoms with van der Waals surface area (Å²) < 4.78 is 8.66. The highest BCUT2D eigenvalue weighted by molar-refractivity contribution is 6.10. The molecule has 0 atom stereocenters. The number of rotatable bonds is 1. The fourth-order valence-corrected chi connectivity index (χ4v) is 6.87. The second kappa shape index (κ2) is 8.30. The Morgan fingerprint density at radius 3 is 2.28 bits per heavy atom. The Labute approximate surface area is 246 Å². The zero-order valence-corrected chi connectivity index (χ0v) is 22.9. The Bertz CT molecular complexity index is 2460. The average Bonchev–Trinajstić information content (AvgIpc) is 3.38. The molecule has 0 N–H and O–H groups in total. The Kier molecular flexibility index (Phi) is 4.39. The Morgan fingerprint density at radius 2 is 1.33 bits per heavy atom. The maximum absolute atomic E-state index is 6.31. The molecule has 2 aliphatic heterocycles. The van der Waals surface area contributed by atoms with Crippen LogP contribution in [0.25, 0.3) is 60.6 Å². The van der Waals surface area contributed by atoms with Crippen molar-refractivity contribution in [2.75, 3.05) is 4.90 Å². The molecule has 0 amide bonds. The van der Waals surface area contributed by atoms with Crippen LogP contribution in [0.2, 0.25) is 0 Å². The molecule has 0 radical (unpaired) electrons. The van der Waals surface area contributed by atoms with Crippen LogP contribution in [0.4, 0.5) is 17.5 Å². The molecule has 10 rings (SSSR count). The molecule has 0 spiro atoms. The van der Waals surface area contributed by atoms with Gasteiger partial charge >= 0.3 is 0 Å². The molecule has 0 saturated heterocycles. The van der Waals surface area contributed by atoms with Gasteiger partial charge in [0, 0.05) is 27.5 Å². The second-order valence-electron chi connectivity index (χ2n) is 11.1. The largest absolute Gasteiger partial charge is 0.456 e. The second-order valence-corrected chi connectivity index (χ2v) is 11.1. The Morgan fingerprint density at radius 1 is 0.558 bits per heavy atom. The molecular weight excluding hydrogens is 528 g/mol. The summed E-state index contributed by atoms with van der Waals surface area (Å²) in [6.45, 7) is 0. The minimum atomic E-state index is 0.616. The number of aromatic nitrogens is 3. The van der Waals surface area contributed by atoms with Crippen molar-refractivity contribution >= 4 is 50.0 Å². The molecule has 43 heavy (non-hydrogen) atoms. The van der Waals surface area contributed by atoms with Gasteiger partial charge in [-0.05, 0) is 47.9 Å². The molecule has 6 aromatic carbocycles. The maximum atomic E-state index is 6.31. The molecule has 8 aromatic rings. The first kappa shape index (κ1) is 22.7. The summed E-state index contributed by atoms with van der Waals surface area (Å²) in [6, 6.07) is 46.7. The topological polar surface area (TPSA) is 43.2 Å². The van der Waals surface area contributed by atoms with Gasteiger partial charge in [-0.1, -0.05) is 91.0 Å². The van der Waals surface area contributed by atoms with Gasteiger partial charge in [-0.25, -0.2) is 9.97 Å². The summed E-state index contributed by atoms with van der Waals surface area (Å²) in [7, 11) is 0. The summed E-state index contributed by atoms with van der Waals surface area (Å²) in [5.41, 5.74) is 8.31. The monoisotopic (exact) mass is 550 g/mol. The molecule has 4 heterocycles. The van der Waals surface area contributed by atoms with E-state index in [9.17, 15) is 0 Å². The van der Waals surface area contributed by atoms with E-state index in [2.05, 4.69) is 113 Å². The van der Waals surface area contributed by atoms with E-state index >= 15 is 0 Å². The lowest BCUT2D eigenvalue weighted by atomic mass is 9.96. The fraction of sp³-hybridized carbons (Fsp3) is 0. The predicted octanol–water partition coefficient (Wildman–Crippen LogP) is 9.95. The van der Waals surface area contributed by atoms with Gasteiger partial charge in [0.2, 0.25) is 5.95 Å². The van der Waals surface area contributed by atoms with Gasteiger partial charge in [-0.15, -0.1) is 0 Å². The van der Waals surface area contributed by atoms with Gasteiger partial charge in [0.25, 0.3) is 0 Å². The molecule has 5 heteroatoms. The SMILES string of the molecule is c1ccc2c(c1)Oc1cccc3nc(N4c5c(ccc6ccccc56)-c5ccccc5-n5c4cc4ccccc45)nc-2c13. The van der Waals surface area contributed by atoms with Gasteiger partial charge in [0.05, 0.1) is 33.5 Å². The number of nitrogens with zero attached hydrogens (tertiary/aromatic N) is 4. The first-order valence-electron chi connectivity index (χ1n) is 14.4. The third kappa shape index (κ3) is 3.05. The third-order valence-electron chi connectivity index (χ3n) is 8.72. The Hall–Kier alpha value is -5.94. The van der Waals surface area contributed by atoms with Gasteiger partial charge in [-0.3, -0.25) is 9.47 Å². The maximum Gasteiger partial charge on any atom is 0.236 e. The highest BCUT2D eigenvalue weighted by Gasteiger charge is 2.32. The number of anilines is 3. The van der Waals surface area contributed by atoms with E-state index in [0.29, 0.717) is 5.95 Å². The molecular formula is C38H22N4O. The lowest BCUT2D eigenvalue weighted by Crippen LogP contribution is -2.17. The molecule has 0 aliphatic carbocycles. The summed E-state index contributed by atoms with van der Waals surface area (Å²) in [5.74, 6) is 3.19. The first-order chi connectivity index (χ1) is 21.3. The van der Waals surface area contributed by atoms with Crippen molar-refractivity contribution in [3.05, 3.63) is 133 Å². The van der Waals surface area contributed by atoms with Crippen LogP contribution in [0.3, 0.4) is 0 Å². The smallest absolute Gasteiger partial charge is 0.236 e. The van der Waals surface area contributed by atoms with Crippen molar-refractivity contribution in [3.8, 4) is 39.6 Å². The number of ether oxygens (including phenoxy) is 1. The van der Waals surface area contributed by atoms with Crippen LogP contribution in [0.1, 0.15) is 0 Å². The number of hydrogen-bond acceptors (Lipinski definition) is 4. The molecule has 0 fully saturated rings. The van der Waals surface area contributed by atoms with E-state index in [0.717, 1.165) is 83.7 Å². The summed E-state index contributed by atoms with van der Waals surface area (Å²) in [4.78, 5) is 12.9. The van der Waals surface area contributed by atoms with Gasteiger partial charge in [0.1, 0.15) is 17.3 Å². The van der Waals surface area contributed by atoms with Crippen molar-refractivity contribution < 1.29 is 4.74 Å². The molecule has 2 aliphatic rings. The number of fused-ring (bicyclic) bond motifs is 11. The third-order valence-corrected chi connectivity index (χ3v) is 8.72. The highest BCUT2D eigenvalue weighted by Crippen LogP contribution is 2.52. The Balaban J connectivity index is 1.40. The van der Waals surface area contributed by atoms with Crippen molar-refractivity contribution in [3.63, 3.8) is 0 Å². The molecule has 0 saturated carbocycles. The van der Waals surface area contributed by atoms with Crippen molar-refractivity contribution in [1.29, 1.82) is 0 Å². The van der Waals surface area contributed by atoms with Gasteiger partial charge < -0.3 is 4.74 Å². The fourth-order valence-electron chi connectivity index (χ4n) is 6.87. The number of hydrogen-bond donors (Lipinski definition) is 0. The van der Waals surface area contributed by atoms with E-state index in [4.69, 9.17) is 14.7 Å².